The molecule has 156 valence electrons. The number of nitrogens with two attached hydrogens (primary N) is 1. The van der Waals surface area contributed by atoms with Crippen LogP contribution >= 0.6 is 0 Å². The number of fused-ring (bicyclic) bond motifs is 1. The molecule has 12 heteroatoms. The monoisotopic (exact) mass is 437 g/mol. The molecule has 0 aliphatic carbocycles. The number of alkyl halides is 1. The quantitative estimate of drug-likeness (QED) is 0.646. The minimum absolute atomic E-state index is 0.0942. The molecule has 4 rings (SSSR count). The number of amides is 1. The third-order valence-electron chi connectivity index (χ3n) is 4.48. The van der Waals surface area contributed by atoms with Gasteiger partial charge in [0, 0.05) is 17.5 Å². The van der Waals surface area contributed by atoms with Crippen molar-refractivity contribution in [1.82, 2.24) is 14.3 Å². The second kappa shape index (κ2) is 7.15. The average molecular weight is 437 g/mol. The van der Waals surface area contributed by atoms with Gasteiger partial charge in [-0.1, -0.05) is 12.1 Å². The van der Waals surface area contributed by atoms with E-state index < -0.39 is 33.9 Å². The van der Waals surface area contributed by atoms with E-state index >= 15 is 4.39 Å². The number of nitrogens with one attached hydrogen (secondary N) is 1. The van der Waals surface area contributed by atoms with Gasteiger partial charge in [-0.25, -0.2) is 27.5 Å². The molecule has 0 radical (unpaired) electrons. The van der Waals surface area contributed by atoms with Crippen LogP contribution in [0.15, 0.2) is 48.8 Å². The summed E-state index contributed by atoms with van der Waals surface area (Å²) in [6.45, 7) is -0.230. The number of carbonyl (C=O) groups is 1. The van der Waals surface area contributed by atoms with Gasteiger partial charge in [0.05, 0.1) is 24.0 Å². The summed E-state index contributed by atoms with van der Waals surface area (Å²) in [6.07, 6.45) is 2.11. The lowest BCUT2D eigenvalue weighted by Crippen LogP contribution is -2.36. The Labute approximate surface area is 168 Å². The van der Waals surface area contributed by atoms with E-state index in [1.807, 2.05) is 0 Å². The smallest absolute Gasteiger partial charge is 0.298 e. The maximum Gasteiger partial charge on any atom is 0.298 e. The molecular weight excluding hydrogens is 423 g/mol. The molecule has 0 unspecified atom stereocenters. The zero-order valence-electron chi connectivity index (χ0n) is 15.1. The van der Waals surface area contributed by atoms with E-state index in [0.29, 0.717) is 5.56 Å². The van der Waals surface area contributed by atoms with Crippen molar-refractivity contribution in [3.05, 3.63) is 71.6 Å². The first-order valence-corrected chi connectivity index (χ1v) is 10.1. The number of halogens is 3. The van der Waals surface area contributed by atoms with E-state index in [4.69, 9.17) is 5.14 Å². The Morgan fingerprint density at radius 2 is 2.03 bits per heavy atom. The summed E-state index contributed by atoms with van der Waals surface area (Å²) >= 11 is 0. The molecular formula is C18H14F3N5O3S. The Hall–Kier alpha value is -3.38. The van der Waals surface area contributed by atoms with E-state index in [9.17, 15) is 22.0 Å². The van der Waals surface area contributed by atoms with Crippen LogP contribution in [0.25, 0.3) is 11.2 Å². The highest BCUT2D eigenvalue weighted by molar-refractivity contribution is 7.87. The van der Waals surface area contributed by atoms with Crippen molar-refractivity contribution in [2.75, 3.05) is 11.4 Å². The molecule has 0 saturated carbocycles. The van der Waals surface area contributed by atoms with Crippen molar-refractivity contribution in [2.24, 2.45) is 5.14 Å². The average Bonchev–Trinajstić information content (AvgIpc) is 3.25. The standard InChI is InChI=1S/C18H14F3N5O3S/c19-11-3-1-2-10(6-11)15-7-12(20)9-25(15)14-4-5-26-17(16(14)21)13(8-23-26)18(27)24-30(22,28)29/h1-8,12H,9H2,(H,24,27)(H2,22,28,29)/t12-/m0/s1. The highest BCUT2D eigenvalue weighted by Gasteiger charge is 2.30. The van der Waals surface area contributed by atoms with Crippen molar-refractivity contribution in [2.45, 2.75) is 6.17 Å². The van der Waals surface area contributed by atoms with Crippen LogP contribution in [0.4, 0.5) is 18.9 Å². The van der Waals surface area contributed by atoms with E-state index in [0.717, 1.165) is 10.7 Å². The number of nitrogens with zero attached hydrogens (tertiary/aromatic N) is 3. The van der Waals surface area contributed by atoms with Crippen LogP contribution < -0.4 is 14.8 Å². The van der Waals surface area contributed by atoms with Crippen molar-refractivity contribution in [3.63, 3.8) is 0 Å². The molecule has 0 spiro atoms. The Morgan fingerprint density at radius 3 is 2.73 bits per heavy atom. The van der Waals surface area contributed by atoms with Gasteiger partial charge in [-0.3, -0.25) is 4.79 Å². The first-order valence-electron chi connectivity index (χ1n) is 8.54. The van der Waals surface area contributed by atoms with Gasteiger partial charge in [-0.05, 0) is 24.3 Å². The Balaban J connectivity index is 1.81. The van der Waals surface area contributed by atoms with Crippen LogP contribution in [0.1, 0.15) is 15.9 Å². The molecule has 0 fully saturated rings. The molecule has 1 aliphatic rings. The second-order valence-corrected chi connectivity index (χ2v) is 7.83. The van der Waals surface area contributed by atoms with E-state index in [1.165, 1.54) is 41.4 Å². The summed E-state index contributed by atoms with van der Waals surface area (Å²) in [7, 11) is -4.38. The number of anilines is 1. The van der Waals surface area contributed by atoms with Gasteiger partial charge in [-0.2, -0.15) is 13.5 Å². The fourth-order valence-corrected chi connectivity index (χ4v) is 3.67. The largest absolute Gasteiger partial charge is 0.335 e. The number of rotatable bonds is 4. The van der Waals surface area contributed by atoms with E-state index in [-0.39, 0.29) is 29.0 Å². The van der Waals surface area contributed by atoms with Crippen LogP contribution in [0.3, 0.4) is 0 Å². The molecule has 3 N–H and O–H groups in total. The van der Waals surface area contributed by atoms with Gasteiger partial charge >= 0.3 is 0 Å². The first-order chi connectivity index (χ1) is 14.1. The SMILES string of the molecule is NS(=O)(=O)NC(=O)c1cnn2ccc(N3C[C@@H](F)C=C3c3cccc(F)c3)c(F)c12. The number of hydrogen-bond donors (Lipinski definition) is 2. The van der Waals surface area contributed by atoms with Crippen molar-refractivity contribution in [3.8, 4) is 0 Å². The molecule has 1 aromatic carbocycles. The topological polar surface area (TPSA) is 110 Å². The normalized spacial score (nSPS) is 16.7. The summed E-state index contributed by atoms with van der Waals surface area (Å²) < 4.78 is 68.1. The second-order valence-electron chi connectivity index (χ2n) is 6.53. The number of pyridine rings is 1. The fourth-order valence-electron chi connectivity index (χ4n) is 3.30. The van der Waals surface area contributed by atoms with Crippen LogP contribution in [-0.4, -0.2) is 36.7 Å². The van der Waals surface area contributed by atoms with Gasteiger partial charge in [0.1, 0.15) is 17.5 Å². The zero-order chi connectivity index (χ0) is 21.6. The van der Waals surface area contributed by atoms with Crippen molar-refractivity contribution >= 4 is 33.0 Å². The lowest BCUT2D eigenvalue weighted by Gasteiger charge is -2.23. The van der Waals surface area contributed by atoms with Gasteiger partial charge in [0.15, 0.2) is 5.82 Å². The summed E-state index contributed by atoms with van der Waals surface area (Å²) in [5.41, 5.74) is -0.205. The van der Waals surface area contributed by atoms with Crippen LogP contribution in [0.2, 0.25) is 0 Å². The highest BCUT2D eigenvalue weighted by Crippen LogP contribution is 2.35. The highest BCUT2D eigenvalue weighted by atomic mass is 32.2. The molecule has 1 aliphatic heterocycles. The predicted octanol–water partition coefficient (Wildman–Crippen LogP) is 1.75. The molecule has 1 amide bonds. The van der Waals surface area contributed by atoms with E-state index in [1.54, 1.807) is 10.8 Å². The minimum atomic E-state index is -4.38. The molecule has 3 aromatic rings. The summed E-state index contributed by atoms with van der Waals surface area (Å²) in [5, 5.41) is 8.62. The lowest BCUT2D eigenvalue weighted by molar-refractivity contribution is 0.0983. The van der Waals surface area contributed by atoms with Gasteiger partial charge in [-0.15, -0.1) is 0 Å². The zero-order valence-corrected chi connectivity index (χ0v) is 15.9. The summed E-state index contributed by atoms with van der Waals surface area (Å²) in [5.74, 6) is -2.65. The lowest BCUT2D eigenvalue weighted by atomic mass is 10.1. The predicted molar refractivity (Wildman–Crippen MR) is 102 cm³/mol. The Morgan fingerprint density at radius 1 is 1.27 bits per heavy atom. The van der Waals surface area contributed by atoms with E-state index in [2.05, 4.69) is 5.10 Å². The molecule has 30 heavy (non-hydrogen) atoms. The molecule has 8 nitrogen and oxygen atoms in total. The molecule has 1 atom stereocenters. The van der Waals surface area contributed by atoms with Crippen LogP contribution in [-0.2, 0) is 10.2 Å². The van der Waals surface area contributed by atoms with Gasteiger partial charge in [0.2, 0.25) is 0 Å². The fraction of sp³-hybridized carbons (Fsp3) is 0.111. The van der Waals surface area contributed by atoms with Crippen molar-refractivity contribution in [1.29, 1.82) is 0 Å². The van der Waals surface area contributed by atoms with Crippen LogP contribution in [0, 0.1) is 11.6 Å². The molecule has 0 bridgehead atoms. The number of hydrogen-bond acceptors (Lipinski definition) is 5. The third-order valence-corrected chi connectivity index (χ3v) is 4.95. The Kier molecular flexibility index (Phi) is 4.74. The molecule has 0 saturated heterocycles. The Bertz CT molecular complexity index is 1310. The summed E-state index contributed by atoms with van der Waals surface area (Å²) in [4.78, 5) is 13.5. The molecule has 2 aromatic heterocycles. The summed E-state index contributed by atoms with van der Waals surface area (Å²) in [6, 6.07) is 6.74. The maximum absolute atomic E-state index is 15.4. The third kappa shape index (κ3) is 3.62. The first kappa shape index (κ1) is 19.9. The number of aromatic nitrogens is 2. The minimum Gasteiger partial charge on any atom is -0.335 e. The van der Waals surface area contributed by atoms with Gasteiger partial charge in [0.25, 0.3) is 16.1 Å². The van der Waals surface area contributed by atoms with Gasteiger partial charge < -0.3 is 4.90 Å². The van der Waals surface area contributed by atoms with Crippen molar-refractivity contribution < 1.29 is 26.4 Å². The number of benzene rings is 1. The maximum atomic E-state index is 15.4. The molecule has 3 heterocycles. The number of carbonyl (C=O) groups excluding carboxylic acids is 1. The van der Waals surface area contributed by atoms with Crippen LogP contribution in [0.5, 0.6) is 0 Å².